The molecule has 0 radical (unpaired) electrons. The monoisotopic (exact) mass is 356 g/mol. The van der Waals surface area contributed by atoms with E-state index in [1.54, 1.807) is 12.1 Å². The minimum atomic E-state index is -0.649. The molecule has 2 rings (SSSR count). The number of benzene rings is 2. The number of rotatable bonds is 7. The van der Waals surface area contributed by atoms with Crippen molar-refractivity contribution < 1.29 is 19.3 Å². The Morgan fingerprint density at radius 3 is 2.58 bits per heavy atom. The highest BCUT2D eigenvalue weighted by Crippen LogP contribution is 2.16. The lowest BCUT2D eigenvalue weighted by molar-refractivity contribution is -0.384. The molecule has 0 spiro atoms. The van der Waals surface area contributed by atoms with Crippen LogP contribution in [0.4, 0.5) is 17.1 Å². The zero-order chi connectivity index (χ0) is 18.9. The lowest BCUT2D eigenvalue weighted by Crippen LogP contribution is -2.18. The first-order valence-corrected chi connectivity index (χ1v) is 7.51. The molecule has 0 atom stereocenters. The van der Waals surface area contributed by atoms with Gasteiger partial charge in [-0.25, -0.2) is 0 Å². The fraction of sp³-hybridized carbons (Fsp3) is 0.118. The van der Waals surface area contributed by atoms with Crippen LogP contribution in [0.5, 0.6) is 0 Å². The molecule has 0 aliphatic rings. The van der Waals surface area contributed by atoms with Gasteiger partial charge >= 0.3 is 0 Å². The molecule has 2 aromatic carbocycles. The standard InChI is InChI=1S/C17H16N4O5/c1-12-5-7-13(8-6-12)19-17(23)11-26-18-10-16(22)20-14-3-2-4-15(9-14)21(24)25/h2-10H,11H2,1H3,(H,19,23)(H,20,22)/b18-10-. The fourth-order valence-corrected chi connectivity index (χ4v) is 1.89. The second kappa shape index (κ2) is 8.92. The number of anilines is 2. The number of nitrogens with one attached hydrogen (secondary N) is 2. The van der Waals surface area contributed by atoms with Crippen LogP contribution in [-0.2, 0) is 14.4 Å². The van der Waals surface area contributed by atoms with E-state index in [0.717, 1.165) is 11.8 Å². The third kappa shape index (κ3) is 6.04. The summed E-state index contributed by atoms with van der Waals surface area (Å²) in [5, 5.41) is 19.1. The Balaban J connectivity index is 1.76. The van der Waals surface area contributed by atoms with Crippen molar-refractivity contribution in [3.05, 3.63) is 64.2 Å². The van der Waals surface area contributed by atoms with Gasteiger partial charge in [0.1, 0.15) is 6.21 Å². The van der Waals surface area contributed by atoms with Gasteiger partial charge < -0.3 is 15.5 Å². The summed E-state index contributed by atoms with van der Waals surface area (Å²) in [5.41, 5.74) is 1.78. The number of hydrogen-bond donors (Lipinski definition) is 2. The summed E-state index contributed by atoms with van der Waals surface area (Å²) in [7, 11) is 0. The molecule has 26 heavy (non-hydrogen) atoms. The minimum absolute atomic E-state index is 0.149. The van der Waals surface area contributed by atoms with E-state index in [2.05, 4.69) is 15.8 Å². The maximum Gasteiger partial charge on any atom is 0.271 e. The van der Waals surface area contributed by atoms with E-state index in [4.69, 9.17) is 4.84 Å². The number of carbonyl (C=O) groups is 2. The van der Waals surface area contributed by atoms with E-state index in [-0.39, 0.29) is 18.0 Å². The number of oxime groups is 1. The molecule has 9 nitrogen and oxygen atoms in total. The van der Waals surface area contributed by atoms with Crippen LogP contribution in [0.25, 0.3) is 0 Å². The van der Waals surface area contributed by atoms with Crippen molar-refractivity contribution in [2.24, 2.45) is 5.16 Å². The number of non-ortho nitro benzene ring substituents is 1. The van der Waals surface area contributed by atoms with Gasteiger partial charge in [-0.1, -0.05) is 28.9 Å². The summed E-state index contributed by atoms with van der Waals surface area (Å²) < 4.78 is 0. The first-order valence-electron chi connectivity index (χ1n) is 7.51. The second-order valence-electron chi connectivity index (χ2n) is 5.22. The molecule has 0 heterocycles. The lowest BCUT2D eigenvalue weighted by Gasteiger charge is -2.04. The Labute approximate surface area is 148 Å². The molecule has 0 aromatic heterocycles. The van der Waals surface area contributed by atoms with Gasteiger partial charge in [-0.15, -0.1) is 0 Å². The summed E-state index contributed by atoms with van der Waals surface area (Å²) in [4.78, 5) is 38.2. The van der Waals surface area contributed by atoms with E-state index in [9.17, 15) is 19.7 Å². The highest BCUT2D eigenvalue weighted by Gasteiger charge is 2.07. The molecule has 0 aliphatic carbocycles. The average molecular weight is 356 g/mol. The van der Waals surface area contributed by atoms with Crippen LogP contribution in [0.3, 0.4) is 0 Å². The van der Waals surface area contributed by atoms with Gasteiger partial charge in [0, 0.05) is 23.5 Å². The molecule has 0 saturated carbocycles. The van der Waals surface area contributed by atoms with Gasteiger partial charge in [0.25, 0.3) is 17.5 Å². The van der Waals surface area contributed by atoms with Crippen LogP contribution in [-0.4, -0.2) is 29.6 Å². The molecule has 0 unspecified atom stereocenters. The SMILES string of the molecule is Cc1ccc(NC(=O)CO/N=C\C(=O)Nc2cccc([N+](=O)[O-])c2)cc1. The largest absolute Gasteiger partial charge is 0.385 e. The lowest BCUT2D eigenvalue weighted by atomic mass is 10.2. The minimum Gasteiger partial charge on any atom is -0.385 e. The van der Waals surface area contributed by atoms with Crippen LogP contribution in [0.15, 0.2) is 53.7 Å². The number of amides is 2. The molecule has 9 heteroatoms. The van der Waals surface area contributed by atoms with E-state index in [0.29, 0.717) is 5.69 Å². The number of hydrogen-bond acceptors (Lipinski definition) is 6. The molecule has 2 amide bonds. The Morgan fingerprint density at radius 1 is 1.15 bits per heavy atom. The van der Waals surface area contributed by atoms with E-state index in [1.807, 2.05) is 19.1 Å². The van der Waals surface area contributed by atoms with E-state index >= 15 is 0 Å². The maximum absolute atomic E-state index is 11.7. The highest BCUT2D eigenvalue weighted by atomic mass is 16.6. The smallest absolute Gasteiger partial charge is 0.271 e. The Bertz CT molecular complexity index is 833. The van der Waals surface area contributed by atoms with Crippen molar-refractivity contribution in [3.8, 4) is 0 Å². The van der Waals surface area contributed by atoms with Gasteiger partial charge in [-0.05, 0) is 25.1 Å². The maximum atomic E-state index is 11.7. The fourth-order valence-electron chi connectivity index (χ4n) is 1.89. The third-order valence-electron chi connectivity index (χ3n) is 3.10. The number of aryl methyl sites for hydroxylation is 1. The first kappa shape index (κ1) is 18.6. The van der Waals surface area contributed by atoms with Gasteiger partial charge in [0.2, 0.25) is 0 Å². The quantitative estimate of drug-likeness (QED) is 0.448. The van der Waals surface area contributed by atoms with Gasteiger partial charge in [-0.2, -0.15) is 0 Å². The normalized spacial score (nSPS) is 10.3. The molecular weight excluding hydrogens is 340 g/mol. The summed E-state index contributed by atoms with van der Waals surface area (Å²) in [6, 6.07) is 12.7. The van der Waals surface area contributed by atoms with Crippen LogP contribution < -0.4 is 10.6 Å². The summed E-state index contributed by atoms with van der Waals surface area (Å²) in [5.74, 6) is -1.07. The second-order valence-corrected chi connectivity index (χ2v) is 5.22. The molecule has 2 N–H and O–H groups in total. The first-order chi connectivity index (χ1) is 12.4. The molecule has 0 aliphatic heterocycles. The predicted molar refractivity (Wildman–Crippen MR) is 96.0 cm³/mol. The topological polar surface area (TPSA) is 123 Å². The van der Waals surface area contributed by atoms with Gasteiger partial charge in [-0.3, -0.25) is 19.7 Å². The van der Waals surface area contributed by atoms with Crippen molar-refractivity contribution in [1.82, 2.24) is 0 Å². The Kier molecular flexibility index (Phi) is 6.38. The Hall–Kier alpha value is -3.75. The van der Waals surface area contributed by atoms with E-state index in [1.165, 1.54) is 24.3 Å². The number of nitrogens with zero attached hydrogens (tertiary/aromatic N) is 2. The van der Waals surface area contributed by atoms with Gasteiger partial charge in [0.05, 0.1) is 4.92 Å². The highest BCUT2D eigenvalue weighted by molar-refractivity contribution is 6.31. The van der Waals surface area contributed by atoms with Crippen molar-refractivity contribution in [2.75, 3.05) is 17.2 Å². The van der Waals surface area contributed by atoms with Crippen LogP contribution >= 0.6 is 0 Å². The molecule has 0 bridgehead atoms. The molecular formula is C17H16N4O5. The predicted octanol–water partition coefficient (Wildman–Crippen LogP) is 2.48. The number of carbonyl (C=O) groups excluding carboxylic acids is 2. The van der Waals surface area contributed by atoms with Crippen molar-refractivity contribution in [1.29, 1.82) is 0 Å². The average Bonchev–Trinajstić information content (AvgIpc) is 2.61. The van der Waals surface area contributed by atoms with Crippen molar-refractivity contribution >= 4 is 35.1 Å². The summed E-state index contributed by atoms with van der Waals surface area (Å²) >= 11 is 0. The van der Waals surface area contributed by atoms with E-state index < -0.39 is 16.7 Å². The molecule has 0 saturated heterocycles. The van der Waals surface area contributed by atoms with Crippen LogP contribution in [0.1, 0.15) is 5.56 Å². The summed E-state index contributed by atoms with van der Waals surface area (Å²) in [6.07, 6.45) is 0.831. The zero-order valence-corrected chi connectivity index (χ0v) is 13.8. The van der Waals surface area contributed by atoms with Crippen LogP contribution in [0.2, 0.25) is 0 Å². The molecule has 0 fully saturated rings. The van der Waals surface area contributed by atoms with Gasteiger partial charge in [0.15, 0.2) is 6.61 Å². The number of nitro groups is 1. The third-order valence-corrected chi connectivity index (χ3v) is 3.10. The molecule has 2 aromatic rings. The number of nitro benzene ring substituents is 1. The molecule has 134 valence electrons. The van der Waals surface area contributed by atoms with Crippen molar-refractivity contribution in [3.63, 3.8) is 0 Å². The Morgan fingerprint density at radius 2 is 1.88 bits per heavy atom. The zero-order valence-electron chi connectivity index (χ0n) is 13.8. The van der Waals surface area contributed by atoms with Crippen LogP contribution in [0, 0.1) is 17.0 Å². The van der Waals surface area contributed by atoms with Crippen molar-refractivity contribution in [2.45, 2.75) is 6.92 Å². The summed E-state index contributed by atoms with van der Waals surface area (Å²) in [6.45, 7) is 1.57.